The maximum Gasteiger partial charge on any atom is 0.142 e. The maximum absolute atomic E-state index is 5.59. The lowest BCUT2D eigenvalue weighted by Crippen LogP contribution is -2.04. The SMILES string of the molecule is NCc1nccc(-c2ccc(C3CCCCC3)cc2)n1. The van der Waals surface area contributed by atoms with Gasteiger partial charge in [0.05, 0.1) is 12.2 Å². The molecule has 1 heterocycles. The largest absolute Gasteiger partial charge is 0.324 e. The number of rotatable bonds is 3. The van der Waals surface area contributed by atoms with Crippen LogP contribution >= 0.6 is 0 Å². The molecule has 3 rings (SSSR count). The fraction of sp³-hybridized carbons (Fsp3) is 0.412. The van der Waals surface area contributed by atoms with Crippen LogP contribution in [0.1, 0.15) is 49.4 Å². The van der Waals surface area contributed by atoms with Crippen LogP contribution in [0.2, 0.25) is 0 Å². The molecule has 0 atom stereocenters. The molecular formula is C17H21N3. The van der Waals surface area contributed by atoms with E-state index in [0.717, 1.165) is 17.2 Å². The van der Waals surface area contributed by atoms with Crippen LogP contribution in [0, 0.1) is 0 Å². The molecule has 0 aliphatic heterocycles. The summed E-state index contributed by atoms with van der Waals surface area (Å²) in [4.78, 5) is 8.61. The van der Waals surface area contributed by atoms with Crippen LogP contribution in [-0.2, 0) is 6.54 Å². The molecule has 1 aliphatic carbocycles. The second kappa shape index (κ2) is 6.14. The topological polar surface area (TPSA) is 51.8 Å². The highest BCUT2D eigenvalue weighted by Crippen LogP contribution is 2.33. The van der Waals surface area contributed by atoms with Gasteiger partial charge in [0.1, 0.15) is 5.82 Å². The molecule has 1 aliphatic rings. The van der Waals surface area contributed by atoms with Crippen molar-refractivity contribution in [3.05, 3.63) is 47.9 Å². The van der Waals surface area contributed by atoms with Crippen molar-refractivity contribution in [1.29, 1.82) is 0 Å². The van der Waals surface area contributed by atoms with Gasteiger partial charge in [0, 0.05) is 11.8 Å². The van der Waals surface area contributed by atoms with Crippen molar-refractivity contribution in [3.63, 3.8) is 0 Å². The van der Waals surface area contributed by atoms with Gasteiger partial charge in [-0.05, 0) is 30.4 Å². The summed E-state index contributed by atoms with van der Waals surface area (Å²) in [7, 11) is 0. The monoisotopic (exact) mass is 267 g/mol. The zero-order valence-electron chi connectivity index (χ0n) is 11.8. The van der Waals surface area contributed by atoms with Gasteiger partial charge in [-0.2, -0.15) is 0 Å². The molecule has 1 saturated carbocycles. The highest BCUT2D eigenvalue weighted by atomic mass is 14.9. The van der Waals surface area contributed by atoms with Gasteiger partial charge in [-0.1, -0.05) is 43.5 Å². The van der Waals surface area contributed by atoms with Gasteiger partial charge in [0.15, 0.2) is 0 Å². The van der Waals surface area contributed by atoms with Crippen molar-refractivity contribution in [3.8, 4) is 11.3 Å². The summed E-state index contributed by atoms with van der Waals surface area (Å²) in [6.45, 7) is 0.383. The molecule has 1 aromatic heterocycles. The minimum absolute atomic E-state index is 0.383. The Hall–Kier alpha value is -1.74. The third kappa shape index (κ3) is 2.88. The van der Waals surface area contributed by atoms with Crippen LogP contribution < -0.4 is 5.73 Å². The Labute approximate surface area is 120 Å². The minimum Gasteiger partial charge on any atom is -0.324 e. The molecule has 3 nitrogen and oxygen atoms in total. The van der Waals surface area contributed by atoms with Crippen molar-refractivity contribution in [2.45, 2.75) is 44.6 Å². The van der Waals surface area contributed by atoms with Crippen LogP contribution in [0.5, 0.6) is 0 Å². The highest BCUT2D eigenvalue weighted by molar-refractivity contribution is 5.59. The van der Waals surface area contributed by atoms with Gasteiger partial charge in [-0.15, -0.1) is 0 Å². The van der Waals surface area contributed by atoms with Gasteiger partial charge in [-0.3, -0.25) is 0 Å². The van der Waals surface area contributed by atoms with E-state index in [9.17, 15) is 0 Å². The molecule has 1 aromatic carbocycles. The van der Waals surface area contributed by atoms with E-state index in [0.29, 0.717) is 12.4 Å². The predicted octanol–water partition coefficient (Wildman–Crippen LogP) is 3.65. The number of nitrogens with two attached hydrogens (primary N) is 1. The molecule has 104 valence electrons. The number of aromatic nitrogens is 2. The van der Waals surface area contributed by atoms with Gasteiger partial charge < -0.3 is 5.73 Å². The fourth-order valence-electron chi connectivity index (χ4n) is 3.02. The molecule has 0 radical (unpaired) electrons. The van der Waals surface area contributed by atoms with Crippen LogP contribution in [0.3, 0.4) is 0 Å². The van der Waals surface area contributed by atoms with Crippen molar-refractivity contribution < 1.29 is 0 Å². The number of nitrogens with zero attached hydrogens (tertiary/aromatic N) is 2. The predicted molar refractivity (Wildman–Crippen MR) is 81.2 cm³/mol. The third-order valence-corrected chi connectivity index (χ3v) is 4.17. The third-order valence-electron chi connectivity index (χ3n) is 4.17. The van der Waals surface area contributed by atoms with E-state index in [1.54, 1.807) is 6.20 Å². The molecule has 20 heavy (non-hydrogen) atoms. The summed E-state index contributed by atoms with van der Waals surface area (Å²) in [5, 5.41) is 0. The molecule has 0 unspecified atom stereocenters. The van der Waals surface area contributed by atoms with Crippen molar-refractivity contribution in [2.75, 3.05) is 0 Å². The van der Waals surface area contributed by atoms with Crippen LogP contribution in [0.15, 0.2) is 36.5 Å². The van der Waals surface area contributed by atoms with E-state index in [-0.39, 0.29) is 0 Å². The Balaban J connectivity index is 1.81. The molecule has 2 N–H and O–H groups in total. The van der Waals surface area contributed by atoms with Gasteiger partial charge in [0.25, 0.3) is 0 Å². The minimum atomic E-state index is 0.383. The summed E-state index contributed by atoms with van der Waals surface area (Å²) in [5.41, 5.74) is 9.16. The molecule has 1 fully saturated rings. The van der Waals surface area contributed by atoms with Crippen LogP contribution in [-0.4, -0.2) is 9.97 Å². The highest BCUT2D eigenvalue weighted by Gasteiger charge is 2.15. The molecule has 0 amide bonds. The Kier molecular flexibility index (Phi) is 4.07. The summed E-state index contributed by atoms with van der Waals surface area (Å²) in [6.07, 6.45) is 8.60. The molecule has 0 saturated heterocycles. The zero-order valence-corrected chi connectivity index (χ0v) is 11.8. The smallest absolute Gasteiger partial charge is 0.142 e. The molecule has 2 aromatic rings. The molecule has 0 bridgehead atoms. The van der Waals surface area contributed by atoms with E-state index >= 15 is 0 Å². The second-order valence-corrected chi connectivity index (χ2v) is 5.52. The van der Waals surface area contributed by atoms with E-state index in [1.165, 1.54) is 37.7 Å². The lowest BCUT2D eigenvalue weighted by molar-refractivity contribution is 0.443. The first-order valence-corrected chi connectivity index (χ1v) is 7.49. The first-order valence-electron chi connectivity index (χ1n) is 7.49. The molecular weight excluding hydrogens is 246 g/mol. The van der Waals surface area contributed by atoms with Gasteiger partial charge in [-0.25, -0.2) is 9.97 Å². The summed E-state index contributed by atoms with van der Waals surface area (Å²) in [5.74, 6) is 1.45. The standard InChI is InChI=1S/C17H21N3/c18-12-17-19-11-10-16(20-17)15-8-6-14(7-9-15)13-4-2-1-3-5-13/h6-11,13H,1-5,12,18H2. The summed E-state index contributed by atoms with van der Waals surface area (Å²) >= 11 is 0. The first-order chi connectivity index (χ1) is 9.86. The summed E-state index contributed by atoms with van der Waals surface area (Å²) in [6, 6.07) is 10.8. The van der Waals surface area contributed by atoms with Crippen molar-refractivity contribution in [2.24, 2.45) is 5.73 Å². The fourth-order valence-corrected chi connectivity index (χ4v) is 3.02. The van der Waals surface area contributed by atoms with Crippen LogP contribution in [0.25, 0.3) is 11.3 Å². The van der Waals surface area contributed by atoms with Gasteiger partial charge in [0.2, 0.25) is 0 Å². The number of hydrogen-bond acceptors (Lipinski definition) is 3. The van der Waals surface area contributed by atoms with Crippen molar-refractivity contribution in [1.82, 2.24) is 9.97 Å². The van der Waals surface area contributed by atoms with E-state index < -0.39 is 0 Å². The lowest BCUT2D eigenvalue weighted by Gasteiger charge is -2.22. The Bertz CT molecular complexity index is 557. The van der Waals surface area contributed by atoms with E-state index in [4.69, 9.17) is 5.73 Å². The lowest BCUT2D eigenvalue weighted by atomic mass is 9.84. The maximum atomic E-state index is 5.59. The Morgan fingerprint density at radius 2 is 1.75 bits per heavy atom. The van der Waals surface area contributed by atoms with Crippen molar-refractivity contribution >= 4 is 0 Å². The zero-order chi connectivity index (χ0) is 13.8. The van der Waals surface area contributed by atoms with E-state index in [2.05, 4.69) is 34.2 Å². The molecule has 0 spiro atoms. The number of benzene rings is 1. The van der Waals surface area contributed by atoms with Gasteiger partial charge >= 0.3 is 0 Å². The number of hydrogen-bond donors (Lipinski definition) is 1. The second-order valence-electron chi connectivity index (χ2n) is 5.52. The Morgan fingerprint density at radius 1 is 1.00 bits per heavy atom. The Morgan fingerprint density at radius 3 is 2.45 bits per heavy atom. The normalized spacial score (nSPS) is 16.2. The average Bonchev–Trinajstić information content (AvgIpc) is 2.56. The van der Waals surface area contributed by atoms with E-state index in [1.807, 2.05) is 6.07 Å². The quantitative estimate of drug-likeness (QED) is 0.923. The van der Waals surface area contributed by atoms with Crippen LogP contribution in [0.4, 0.5) is 0 Å². The summed E-state index contributed by atoms with van der Waals surface area (Å²) < 4.78 is 0. The first kappa shape index (κ1) is 13.3. The average molecular weight is 267 g/mol. The molecule has 3 heteroatoms.